The highest BCUT2D eigenvalue weighted by Gasteiger charge is 2.18. The van der Waals surface area contributed by atoms with Crippen LogP contribution in [0.4, 0.5) is 11.5 Å². The van der Waals surface area contributed by atoms with E-state index in [1.165, 1.54) is 17.7 Å². The Balaban J connectivity index is 1.56. The van der Waals surface area contributed by atoms with Gasteiger partial charge in [0, 0.05) is 30.6 Å². The molecule has 0 bridgehead atoms. The molecule has 22 heavy (non-hydrogen) atoms. The van der Waals surface area contributed by atoms with E-state index in [4.69, 9.17) is 5.73 Å². The van der Waals surface area contributed by atoms with Crippen molar-refractivity contribution in [2.24, 2.45) is 0 Å². The molecule has 0 fully saturated rings. The Morgan fingerprint density at radius 2 is 2.14 bits per heavy atom. The lowest BCUT2D eigenvalue weighted by molar-refractivity contribution is 0.841. The number of hydrogen-bond donors (Lipinski definition) is 2. The van der Waals surface area contributed by atoms with E-state index in [9.17, 15) is 0 Å². The Kier molecular flexibility index (Phi) is 3.18. The van der Waals surface area contributed by atoms with Crippen LogP contribution in [0.15, 0.2) is 36.5 Å². The molecule has 3 N–H and O–H groups in total. The number of nitrogens with two attached hydrogens (primary N) is 1. The average molecular weight is 293 g/mol. The van der Waals surface area contributed by atoms with E-state index >= 15 is 0 Å². The van der Waals surface area contributed by atoms with Gasteiger partial charge in [0.15, 0.2) is 5.82 Å². The molecular formula is C17H19N5. The Hall–Kier alpha value is -2.56. The SMILES string of the molecule is Nc1c(NCCc2ccccn2)nn2c3c(ccc12)CCC3. The van der Waals surface area contributed by atoms with Gasteiger partial charge in [-0.2, -0.15) is 0 Å². The van der Waals surface area contributed by atoms with Gasteiger partial charge in [-0.1, -0.05) is 12.1 Å². The Labute approximate surface area is 129 Å². The minimum absolute atomic E-state index is 0.732. The lowest BCUT2D eigenvalue weighted by Crippen LogP contribution is -2.07. The van der Waals surface area contributed by atoms with Crippen LogP contribution in [0.5, 0.6) is 0 Å². The summed E-state index contributed by atoms with van der Waals surface area (Å²) in [7, 11) is 0. The third kappa shape index (κ3) is 2.19. The fraction of sp³-hybridized carbons (Fsp3) is 0.294. The lowest BCUT2D eigenvalue weighted by atomic mass is 10.2. The molecule has 0 spiro atoms. The molecule has 1 aliphatic carbocycles. The highest BCUT2D eigenvalue weighted by atomic mass is 15.3. The van der Waals surface area contributed by atoms with Gasteiger partial charge in [0.1, 0.15) is 5.69 Å². The van der Waals surface area contributed by atoms with Gasteiger partial charge < -0.3 is 11.1 Å². The maximum Gasteiger partial charge on any atom is 0.172 e. The number of anilines is 2. The molecule has 0 aromatic carbocycles. The molecule has 0 atom stereocenters. The summed E-state index contributed by atoms with van der Waals surface area (Å²) in [6, 6.07) is 10.2. The molecule has 5 heteroatoms. The number of rotatable bonds is 4. The fourth-order valence-electron chi connectivity index (χ4n) is 3.15. The van der Waals surface area contributed by atoms with E-state index in [0.717, 1.165) is 48.5 Å². The quantitative estimate of drug-likeness (QED) is 0.775. The molecular weight excluding hydrogens is 274 g/mol. The molecule has 1 aliphatic rings. The summed E-state index contributed by atoms with van der Waals surface area (Å²) < 4.78 is 2.01. The number of hydrogen-bond acceptors (Lipinski definition) is 4. The first kappa shape index (κ1) is 13.1. The van der Waals surface area contributed by atoms with E-state index in [-0.39, 0.29) is 0 Å². The zero-order valence-electron chi connectivity index (χ0n) is 12.4. The van der Waals surface area contributed by atoms with Crippen LogP contribution in [-0.4, -0.2) is 21.1 Å². The van der Waals surface area contributed by atoms with E-state index in [0.29, 0.717) is 0 Å². The predicted molar refractivity (Wildman–Crippen MR) is 88.1 cm³/mol. The first-order valence-electron chi connectivity index (χ1n) is 7.75. The number of pyridine rings is 2. The van der Waals surface area contributed by atoms with Gasteiger partial charge in [0.05, 0.1) is 5.52 Å². The Morgan fingerprint density at radius 1 is 1.18 bits per heavy atom. The van der Waals surface area contributed by atoms with Crippen molar-refractivity contribution in [1.82, 2.24) is 14.6 Å². The van der Waals surface area contributed by atoms with Crippen molar-refractivity contribution >= 4 is 17.0 Å². The van der Waals surface area contributed by atoms with Crippen LogP contribution in [0.2, 0.25) is 0 Å². The molecule has 4 rings (SSSR count). The number of nitrogens with zero attached hydrogens (tertiary/aromatic N) is 3. The van der Waals surface area contributed by atoms with E-state index < -0.39 is 0 Å². The van der Waals surface area contributed by atoms with Crippen LogP contribution in [-0.2, 0) is 19.3 Å². The van der Waals surface area contributed by atoms with Gasteiger partial charge in [0.25, 0.3) is 0 Å². The molecule has 0 aliphatic heterocycles. The van der Waals surface area contributed by atoms with Crippen molar-refractivity contribution in [1.29, 1.82) is 0 Å². The zero-order chi connectivity index (χ0) is 14.9. The van der Waals surface area contributed by atoms with Gasteiger partial charge in [-0.3, -0.25) is 4.98 Å². The van der Waals surface area contributed by atoms with Crippen LogP contribution in [0.1, 0.15) is 23.4 Å². The third-order valence-corrected chi connectivity index (χ3v) is 4.29. The normalized spacial score (nSPS) is 13.5. The van der Waals surface area contributed by atoms with Gasteiger partial charge in [0.2, 0.25) is 0 Å². The maximum atomic E-state index is 6.25. The smallest absolute Gasteiger partial charge is 0.172 e. The second-order valence-corrected chi connectivity index (χ2v) is 5.72. The lowest BCUT2D eigenvalue weighted by Gasteiger charge is -2.03. The fourth-order valence-corrected chi connectivity index (χ4v) is 3.15. The Bertz CT molecular complexity index is 807. The molecule has 3 heterocycles. The zero-order valence-corrected chi connectivity index (χ0v) is 12.4. The molecule has 0 radical (unpaired) electrons. The van der Waals surface area contributed by atoms with Crippen LogP contribution in [0.25, 0.3) is 5.52 Å². The van der Waals surface area contributed by atoms with E-state index in [1.54, 1.807) is 0 Å². The molecule has 3 aromatic rings. The second-order valence-electron chi connectivity index (χ2n) is 5.72. The maximum absolute atomic E-state index is 6.25. The molecule has 0 saturated heterocycles. The molecule has 0 saturated carbocycles. The first-order valence-corrected chi connectivity index (χ1v) is 7.75. The van der Waals surface area contributed by atoms with E-state index in [2.05, 4.69) is 27.5 Å². The highest BCUT2D eigenvalue weighted by molar-refractivity contribution is 5.81. The summed E-state index contributed by atoms with van der Waals surface area (Å²) in [6.07, 6.45) is 6.11. The molecule has 112 valence electrons. The van der Waals surface area contributed by atoms with Crippen molar-refractivity contribution < 1.29 is 0 Å². The molecule has 3 aromatic heterocycles. The number of nitrogens with one attached hydrogen (secondary N) is 1. The summed E-state index contributed by atoms with van der Waals surface area (Å²) >= 11 is 0. The monoisotopic (exact) mass is 293 g/mol. The van der Waals surface area contributed by atoms with Crippen molar-refractivity contribution in [3.63, 3.8) is 0 Å². The van der Waals surface area contributed by atoms with Gasteiger partial charge in [-0.15, -0.1) is 5.10 Å². The molecule has 0 amide bonds. The molecule has 5 nitrogen and oxygen atoms in total. The van der Waals surface area contributed by atoms with Crippen molar-refractivity contribution in [2.75, 3.05) is 17.6 Å². The van der Waals surface area contributed by atoms with Crippen LogP contribution < -0.4 is 11.1 Å². The summed E-state index contributed by atoms with van der Waals surface area (Å²) in [5.74, 6) is 0.774. The van der Waals surface area contributed by atoms with Gasteiger partial charge >= 0.3 is 0 Å². The summed E-state index contributed by atoms with van der Waals surface area (Å²) in [6.45, 7) is 0.771. The van der Waals surface area contributed by atoms with Crippen LogP contribution in [0.3, 0.4) is 0 Å². The highest BCUT2D eigenvalue weighted by Crippen LogP contribution is 2.29. The minimum Gasteiger partial charge on any atom is -0.394 e. The predicted octanol–water partition coefficient (Wildman–Crippen LogP) is 2.45. The van der Waals surface area contributed by atoms with Crippen molar-refractivity contribution in [3.8, 4) is 0 Å². The second kappa shape index (κ2) is 5.33. The minimum atomic E-state index is 0.732. The standard InChI is InChI=1S/C17H19N5/c18-16-15-8-7-12-4-3-6-14(12)22(15)21-17(16)20-11-9-13-5-1-2-10-19-13/h1-2,5,7-8,10H,3-4,6,9,11,18H2,(H,20,21). The first-order chi connectivity index (χ1) is 10.8. The largest absolute Gasteiger partial charge is 0.394 e. The number of fused-ring (bicyclic) bond motifs is 3. The number of nitrogen functional groups attached to an aromatic ring is 1. The van der Waals surface area contributed by atoms with Crippen LogP contribution >= 0.6 is 0 Å². The van der Waals surface area contributed by atoms with Gasteiger partial charge in [-0.25, -0.2) is 4.52 Å². The number of aromatic nitrogens is 3. The molecule has 0 unspecified atom stereocenters. The summed E-state index contributed by atoms with van der Waals surface area (Å²) in [5, 5.41) is 8.02. The van der Waals surface area contributed by atoms with Crippen LogP contribution in [0, 0.1) is 0 Å². The van der Waals surface area contributed by atoms with E-state index in [1.807, 2.05) is 28.9 Å². The summed E-state index contributed by atoms with van der Waals surface area (Å²) in [5.41, 5.74) is 11.8. The Morgan fingerprint density at radius 3 is 3.00 bits per heavy atom. The average Bonchev–Trinajstić information content (AvgIpc) is 3.14. The van der Waals surface area contributed by atoms with Crippen molar-refractivity contribution in [3.05, 3.63) is 53.5 Å². The number of aryl methyl sites for hydroxylation is 2. The topological polar surface area (TPSA) is 68.2 Å². The van der Waals surface area contributed by atoms with Crippen molar-refractivity contribution in [2.45, 2.75) is 25.7 Å². The summed E-state index contributed by atoms with van der Waals surface area (Å²) in [4.78, 5) is 4.33. The third-order valence-electron chi connectivity index (χ3n) is 4.29. The van der Waals surface area contributed by atoms with Gasteiger partial charge in [-0.05, 0) is 43.0 Å².